The van der Waals surface area contributed by atoms with Crippen LogP contribution in [0.5, 0.6) is 0 Å². The number of imide groups is 1. The van der Waals surface area contributed by atoms with E-state index in [0.717, 1.165) is 24.2 Å². The van der Waals surface area contributed by atoms with Crippen molar-refractivity contribution in [3.05, 3.63) is 17.0 Å². The number of carbonyl (C=O) groups excluding carboxylic acids is 3. The van der Waals surface area contributed by atoms with E-state index in [9.17, 15) is 14.4 Å². The lowest BCUT2D eigenvalue weighted by molar-refractivity contribution is -0.140. The summed E-state index contributed by atoms with van der Waals surface area (Å²) in [5.41, 5.74) is 2.08. The van der Waals surface area contributed by atoms with Crippen LogP contribution >= 0.6 is 0 Å². The van der Waals surface area contributed by atoms with E-state index >= 15 is 0 Å². The molecule has 2 aliphatic heterocycles. The molecule has 0 aromatic carbocycles. The molecule has 1 atom stereocenters. The first-order chi connectivity index (χ1) is 10.5. The second-order valence-electron chi connectivity index (χ2n) is 5.88. The number of nitrogens with one attached hydrogen (secondary N) is 3. The SMILES string of the molecule is CC(C)N1C(=O)CC(NC(=O)c2n[nH]c3c2CNCC3)C1=O. The molecule has 0 saturated carbocycles. The third kappa shape index (κ3) is 2.39. The molecule has 0 radical (unpaired) electrons. The van der Waals surface area contributed by atoms with E-state index in [-0.39, 0.29) is 24.3 Å². The molecule has 0 bridgehead atoms. The quantitative estimate of drug-likeness (QED) is 0.642. The van der Waals surface area contributed by atoms with Crippen molar-refractivity contribution >= 4 is 17.7 Å². The normalized spacial score (nSPS) is 21.4. The molecule has 3 amide bonds. The lowest BCUT2D eigenvalue weighted by atomic mass is 10.1. The minimum atomic E-state index is -0.800. The summed E-state index contributed by atoms with van der Waals surface area (Å²) in [6.07, 6.45) is 0.797. The molecule has 118 valence electrons. The molecule has 1 fully saturated rings. The van der Waals surface area contributed by atoms with Gasteiger partial charge in [-0.1, -0.05) is 0 Å². The highest BCUT2D eigenvalue weighted by Gasteiger charge is 2.41. The van der Waals surface area contributed by atoms with Gasteiger partial charge in [-0.15, -0.1) is 0 Å². The average Bonchev–Trinajstić information content (AvgIpc) is 3.00. The highest BCUT2D eigenvalue weighted by atomic mass is 16.2. The molecule has 1 aromatic rings. The van der Waals surface area contributed by atoms with E-state index in [4.69, 9.17) is 0 Å². The van der Waals surface area contributed by atoms with Crippen LogP contribution in [0.15, 0.2) is 0 Å². The molecule has 22 heavy (non-hydrogen) atoms. The van der Waals surface area contributed by atoms with E-state index in [1.807, 2.05) is 0 Å². The highest BCUT2D eigenvalue weighted by molar-refractivity contribution is 6.08. The van der Waals surface area contributed by atoms with Crippen LogP contribution in [0.1, 0.15) is 42.0 Å². The summed E-state index contributed by atoms with van der Waals surface area (Å²) in [4.78, 5) is 37.6. The molecule has 8 nitrogen and oxygen atoms in total. The molecular formula is C14H19N5O3. The summed E-state index contributed by atoms with van der Waals surface area (Å²) in [7, 11) is 0. The Morgan fingerprint density at radius 2 is 2.18 bits per heavy atom. The molecule has 0 spiro atoms. The van der Waals surface area contributed by atoms with Gasteiger partial charge in [-0.05, 0) is 13.8 Å². The van der Waals surface area contributed by atoms with Gasteiger partial charge in [0.2, 0.25) is 5.91 Å². The van der Waals surface area contributed by atoms with Crippen molar-refractivity contribution in [1.29, 1.82) is 0 Å². The van der Waals surface area contributed by atoms with Crippen LogP contribution in [0.25, 0.3) is 0 Å². The van der Waals surface area contributed by atoms with E-state index in [1.54, 1.807) is 13.8 Å². The number of hydrogen-bond acceptors (Lipinski definition) is 5. The standard InChI is InChI=1S/C14H19N5O3/c1-7(2)19-11(20)5-10(14(19)22)16-13(21)12-8-6-15-4-3-9(8)17-18-12/h7,10,15H,3-6H2,1-2H3,(H,16,21)(H,17,18). The summed E-state index contributed by atoms with van der Waals surface area (Å²) in [5.74, 6) is -1.02. The van der Waals surface area contributed by atoms with E-state index in [2.05, 4.69) is 20.8 Å². The van der Waals surface area contributed by atoms with Gasteiger partial charge in [0, 0.05) is 36.8 Å². The first-order valence-corrected chi connectivity index (χ1v) is 7.42. The fourth-order valence-corrected chi connectivity index (χ4v) is 2.95. The van der Waals surface area contributed by atoms with E-state index < -0.39 is 11.9 Å². The zero-order valence-corrected chi connectivity index (χ0v) is 12.6. The Morgan fingerprint density at radius 3 is 2.86 bits per heavy atom. The number of fused-ring (bicyclic) bond motifs is 1. The van der Waals surface area contributed by atoms with Crippen LogP contribution in [0.4, 0.5) is 0 Å². The van der Waals surface area contributed by atoms with Crippen molar-refractivity contribution in [2.75, 3.05) is 6.54 Å². The van der Waals surface area contributed by atoms with Crippen LogP contribution in [0.2, 0.25) is 0 Å². The number of hydrogen-bond donors (Lipinski definition) is 3. The lowest BCUT2D eigenvalue weighted by Gasteiger charge is -2.19. The maximum Gasteiger partial charge on any atom is 0.272 e. The van der Waals surface area contributed by atoms with Crippen LogP contribution in [-0.4, -0.2) is 51.4 Å². The van der Waals surface area contributed by atoms with Crippen LogP contribution in [0.3, 0.4) is 0 Å². The molecule has 8 heteroatoms. The smallest absolute Gasteiger partial charge is 0.272 e. The summed E-state index contributed by atoms with van der Waals surface area (Å²) in [5, 5.41) is 12.7. The van der Waals surface area contributed by atoms with Gasteiger partial charge in [0.1, 0.15) is 6.04 Å². The third-order valence-electron chi connectivity index (χ3n) is 4.03. The Hall–Kier alpha value is -2.22. The second kappa shape index (κ2) is 5.53. The molecule has 0 aliphatic carbocycles. The van der Waals surface area contributed by atoms with Crippen molar-refractivity contribution in [2.24, 2.45) is 0 Å². The van der Waals surface area contributed by atoms with E-state index in [0.29, 0.717) is 12.2 Å². The summed E-state index contributed by atoms with van der Waals surface area (Å²) in [6.45, 7) is 4.96. The molecule has 2 aliphatic rings. The topological polar surface area (TPSA) is 107 Å². The predicted octanol–water partition coefficient (Wildman–Crippen LogP) is -0.679. The molecular weight excluding hydrogens is 286 g/mol. The second-order valence-corrected chi connectivity index (χ2v) is 5.88. The summed E-state index contributed by atoms with van der Waals surface area (Å²) in [6, 6.07) is -1.00. The number of nitrogens with zero attached hydrogens (tertiary/aromatic N) is 2. The average molecular weight is 305 g/mol. The number of likely N-dealkylation sites (tertiary alicyclic amines) is 1. The number of rotatable bonds is 3. The van der Waals surface area contributed by atoms with Crippen LogP contribution < -0.4 is 10.6 Å². The van der Waals surface area contributed by atoms with Gasteiger partial charge in [0.15, 0.2) is 5.69 Å². The molecule has 1 saturated heterocycles. The number of aromatic amines is 1. The first kappa shape index (κ1) is 14.7. The maximum atomic E-state index is 12.4. The van der Waals surface area contributed by atoms with Crippen molar-refractivity contribution < 1.29 is 14.4 Å². The lowest BCUT2D eigenvalue weighted by Crippen LogP contribution is -2.44. The van der Waals surface area contributed by atoms with Crippen LogP contribution in [0, 0.1) is 0 Å². The van der Waals surface area contributed by atoms with E-state index in [1.165, 1.54) is 4.90 Å². The van der Waals surface area contributed by atoms with Gasteiger partial charge >= 0.3 is 0 Å². The maximum absolute atomic E-state index is 12.4. The predicted molar refractivity (Wildman–Crippen MR) is 76.9 cm³/mol. The van der Waals surface area contributed by atoms with Gasteiger partial charge in [-0.2, -0.15) is 5.10 Å². The minimum absolute atomic E-state index is 0.00756. The number of amides is 3. The molecule has 1 aromatic heterocycles. The van der Waals surface area contributed by atoms with Gasteiger partial charge in [0.25, 0.3) is 11.8 Å². The largest absolute Gasteiger partial charge is 0.338 e. The minimum Gasteiger partial charge on any atom is -0.338 e. The monoisotopic (exact) mass is 305 g/mol. The Kier molecular flexibility index (Phi) is 3.69. The fourth-order valence-electron chi connectivity index (χ4n) is 2.95. The van der Waals surface area contributed by atoms with Crippen LogP contribution in [-0.2, 0) is 22.6 Å². The molecule has 3 heterocycles. The molecule has 3 rings (SSSR count). The van der Waals surface area contributed by atoms with Crippen molar-refractivity contribution in [2.45, 2.75) is 45.3 Å². The molecule has 3 N–H and O–H groups in total. The fraction of sp³-hybridized carbons (Fsp3) is 0.571. The highest BCUT2D eigenvalue weighted by Crippen LogP contribution is 2.18. The zero-order valence-electron chi connectivity index (χ0n) is 12.6. The number of aromatic nitrogens is 2. The Balaban J connectivity index is 1.74. The summed E-state index contributed by atoms with van der Waals surface area (Å²) >= 11 is 0. The van der Waals surface area contributed by atoms with Crippen molar-refractivity contribution in [3.8, 4) is 0 Å². The zero-order chi connectivity index (χ0) is 15.9. The van der Waals surface area contributed by atoms with Gasteiger partial charge < -0.3 is 10.6 Å². The van der Waals surface area contributed by atoms with Crippen molar-refractivity contribution in [3.63, 3.8) is 0 Å². The number of H-pyrrole nitrogens is 1. The Bertz CT molecular complexity index is 636. The van der Waals surface area contributed by atoms with Gasteiger partial charge in [0.05, 0.1) is 6.42 Å². The number of carbonyl (C=O) groups is 3. The first-order valence-electron chi connectivity index (χ1n) is 7.42. The van der Waals surface area contributed by atoms with Gasteiger partial charge in [-0.25, -0.2) is 0 Å². The third-order valence-corrected chi connectivity index (χ3v) is 4.03. The van der Waals surface area contributed by atoms with Crippen molar-refractivity contribution in [1.82, 2.24) is 25.7 Å². The van der Waals surface area contributed by atoms with Gasteiger partial charge in [-0.3, -0.25) is 24.4 Å². The Morgan fingerprint density at radius 1 is 1.41 bits per heavy atom. The molecule has 1 unspecified atom stereocenters. The Labute approximate surface area is 127 Å². The summed E-state index contributed by atoms with van der Waals surface area (Å²) < 4.78 is 0.